The number of hydrogen-bond acceptors (Lipinski definition) is 5. The van der Waals surface area contributed by atoms with Gasteiger partial charge in [-0.05, 0) is 60.7 Å². The standard InChI is InChI=1S/C22H21ClN4OS2/c23-19-9-8-18(30-19)21-20(17-3-1-2-10-24-17)25-22(29)27(21)16-6-4-15(5-7-16)26-11-13-28-14-12-26/h1-10,20-21H,11-14H2,(H,25,29). The fourth-order valence-electron chi connectivity index (χ4n) is 4.05. The molecular weight excluding hydrogens is 436 g/mol. The number of thiophene rings is 1. The van der Waals surface area contributed by atoms with Gasteiger partial charge in [0.25, 0.3) is 0 Å². The summed E-state index contributed by atoms with van der Waals surface area (Å²) in [4.78, 5) is 10.3. The first kappa shape index (κ1) is 19.8. The molecule has 4 heterocycles. The third kappa shape index (κ3) is 3.78. The lowest BCUT2D eigenvalue weighted by atomic mass is 10.0. The molecule has 1 N–H and O–H groups in total. The minimum absolute atomic E-state index is 0.0147. The summed E-state index contributed by atoms with van der Waals surface area (Å²) in [5, 5.41) is 4.18. The van der Waals surface area contributed by atoms with E-state index in [0.29, 0.717) is 5.11 Å². The zero-order valence-electron chi connectivity index (χ0n) is 16.2. The molecule has 0 amide bonds. The Labute approximate surface area is 190 Å². The zero-order chi connectivity index (χ0) is 20.5. The average Bonchev–Trinajstić information content (AvgIpc) is 3.38. The third-order valence-electron chi connectivity index (χ3n) is 5.49. The lowest BCUT2D eigenvalue weighted by molar-refractivity contribution is 0.122. The number of halogens is 1. The molecule has 2 aliphatic rings. The van der Waals surface area contributed by atoms with Crippen LogP contribution < -0.4 is 15.1 Å². The van der Waals surface area contributed by atoms with E-state index in [4.69, 9.17) is 28.6 Å². The summed E-state index contributed by atoms with van der Waals surface area (Å²) in [6.07, 6.45) is 1.82. The van der Waals surface area contributed by atoms with Crippen molar-refractivity contribution in [2.24, 2.45) is 0 Å². The lowest BCUT2D eigenvalue weighted by Gasteiger charge is -2.30. The van der Waals surface area contributed by atoms with Crippen LogP contribution in [0, 0.1) is 0 Å². The first-order valence-corrected chi connectivity index (χ1v) is 11.5. The molecule has 0 radical (unpaired) electrons. The molecule has 8 heteroatoms. The van der Waals surface area contributed by atoms with Gasteiger partial charge >= 0.3 is 0 Å². The molecule has 154 valence electrons. The van der Waals surface area contributed by atoms with Crippen LogP contribution in [0.15, 0.2) is 60.8 Å². The number of pyridine rings is 1. The average molecular weight is 457 g/mol. The normalized spacial score (nSPS) is 21.7. The van der Waals surface area contributed by atoms with Crippen LogP contribution in [-0.2, 0) is 4.74 Å². The number of hydrogen-bond donors (Lipinski definition) is 1. The van der Waals surface area contributed by atoms with Crippen molar-refractivity contribution < 1.29 is 4.74 Å². The van der Waals surface area contributed by atoms with Crippen LogP contribution in [-0.4, -0.2) is 36.4 Å². The summed E-state index contributed by atoms with van der Waals surface area (Å²) in [7, 11) is 0. The van der Waals surface area contributed by atoms with Crippen molar-refractivity contribution in [1.82, 2.24) is 10.3 Å². The van der Waals surface area contributed by atoms with Gasteiger partial charge in [-0.3, -0.25) is 4.98 Å². The monoisotopic (exact) mass is 456 g/mol. The fraction of sp³-hybridized carbons (Fsp3) is 0.273. The first-order valence-electron chi connectivity index (χ1n) is 9.89. The van der Waals surface area contributed by atoms with Gasteiger partial charge in [0, 0.05) is 35.5 Å². The molecule has 0 saturated carbocycles. The number of aromatic nitrogens is 1. The highest BCUT2D eigenvalue weighted by molar-refractivity contribution is 7.80. The molecule has 2 fully saturated rings. The van der Waals surface area contributed by atoms with E-state index in [1.165, 1.54) is 5.69 Å². The van der Waals surface area contributed by atoms with Gasteiger partial charge in [-0.1, -0.05) is 17.7 Å². The summed E-state index contributed by atoms with van der Waals surface area (Å²) in [6, 6.07) is 18.5. The van der Waals surface area contributed by atoms with Crippen molar-refractivity contribution in [1.29, 1.82) is 0 Å². The van der Waals surface area contributed by atoms with E-state index >= 15 is 0 Å². The molecular formula is C22H21ClN4OS2. The quantitative estimate of drug-likeness (QED) is 0.568. The van der Waals surface area contributed by atoms with Crippen LogP contribution in [0.3, 0.4) is 0 Å². The third-order valence-corrected chi connectivity index (χ3v) is 7.10. The summed E-state index contributed by atoms with van der Waals surface area (Å²) in [5.74, 6) is 0. The molecule has 2 aromatic heterocycles. The Balaban J connectivity index is 1.50. The predicted octanol–water partition coefficient (Wildman–Crippen LogP) is 4.81. The van der Waals surface area contributed by atoms with Crippen molar-refractivity contribution in [3.63, 3.8) is 0 Å². The van der Waals surface area contributed by atoms with Gasteiger partial charge in [-0.2, -0.15) is 0 Å². The van der Waals surface area contributed by atoms with Crippen LogP contribution in [0.1, 0.15) is 22.7 Å². The summed E-state index contributed by atoms with van der Waals surface area (Å²) in [6.45, 7) is 3.38. The number of nitrogens with one attached hydrogen (secondary N) is 1. The fourth-order valence-corrected chi connectivity index (χ4v) is 5.59. The maximum Gasteiger partial charge on any atom is 0.174 e. The van der Waals surface area contributed by atoms with Gasteiger partial charge in [-0.15, -0.1) is 11.3 Å². The molecule has 2 saturated heterocycles. The second-order valence-corrected chi connectivity index (χ2v) is 9.39. The van der Waals surface area contributed by atoms with Gasteiger partial charge in [0.15, 0.2) is 5.11 Å². The highest BCUT2D eigenvalue weighted by Crippen LogP contribution is 2.44. The van der Waals surface area contributed by atoms with E-state index in [2.05, 4.69) is 50.4 Å². The zero-order valence-corrected chi connectivity index (χ0v) is 18.6. The molecule has 0 bridgehead atoms. The Morgan fingerprint density at radius 3 is 2.47 bits per heavy atom. The van der Waals surface area contributed by atoms with Crippen molar-refractivity contribution in [3.05, 3.63) is 75.7 Å². The highest BCUT2D eigenvalue weighted by atomic mass is 35.5. The molecule has 0 aliphatic carbocycles. The summed E-state index contributed by atoms with van der Waals surface area (Å²) in [5.41, 5.74) is 3.22. The number of ether oxygens (including phenoxy) is 1. The second-order valence-electron chi connectivity index (χ2n) is 7.25. The molecule has 2 atom stereocenters. The number of nitrogens with zero attached hydrogens (tertiary/aromatic N) is 3. The van der Waals surface area contributed by atoms with Crippen molar-refractivity contribution >= 4 is 51.6 Å². The maximum atomic E-state index is 6.28. The highest BCUT2D eigenvalue weighted by Gasteiger charge is 2.41. The lowest BCUT2D eigenvalue weighted by Crippen LogP contribution is -2.36. The van der Waals surface area contributed by atoms with Crippen molar-refractivity contribution in [2.45, 2.75) is 12.1 Å². The minimum Gasteiger partial charge on any atom is -0.378 e. The van der Waals surface area contributed by atoms with Gasteiger partial charge in [0.2, 0.25) is 0 Å². The predicted molar refractivity (Wildman–Crippen MR) is 127 cm³/mol. The molecule has 5 rings (SSSR count). The molecule has 2 aliphatic heterocycles. The number of thiocarbonyl (C=S) groups is 1. The molecule has 0 spiro atoms. The number of anilines is 2. The Kier molecular flexibility index (Phi) is 5.60. The van der Waals surface area contributed by atoms with E-state index in [1.54, 1.807) is 11.3 Å². The van der Waals surface area contributed by atoms with E-state index in [0.717, 1.165) is 46.9 Å². The Hall–Kier alpha value is -2.19. The van der Waals surface area contributed by atoms with Gasteiger partial charge in [0.1, 0.15) is 0 Å². The van der Waals surface area contributed by atoms with Crippen molar-refractivity contribution in [3.8, 4) is 0 Å². The minimum atomic E-state index is -0.0488. The summed E-state index contributed by atoms with van der Waals surface area (Å²) >= 11 is 13.6. The van der Waals surface area contributed by atoms with Crippen LogP contribution in [0.2, 0.25) is 4.34 Å². The van der Waals surface area contributed by atoms with Gasteiger partial charge in [-0.25, -0.2) is 0 Å². The van der Waals surface area contributed by atoms with E-state index in [-0.39, 0.29) is 12.1 Å². The van der Waals surface area contributed by atoms with E-state index < -0.39 is 0 Å². The molecule has 5 nitrogen and oxygen atoms in total. The number of benzene rings is 1. The second kappa shape index (κ2) is 8.51. The largest absolute Gasteiger partial charge is 0.378 e. The van der Waals surface area contributed by atoms with Crippen LogP contribution in [0.5, 0.6) is 0 Å². The van der Waals surface area contributed by atoms with E-state index in [1.807, 2.05) is 30.5 Å². The van der Waals surface area contributed by atoms with Gasteiger partial charge in [0.05, 0.1) is 35.3 Å². The number of morpholine rings is 1. The van der Waals surface area contributed by atoms with E-state index in [9.17, 15) is 0 Å². The summed E-state index contributed by atoms with van der Waals surface area (Å²) < 4.78 is 6.24. The Bertz CT molecular complexity index is 1020. The Morgan fingerprint density at radius 1 is 1.03 bits per heavy atom. The molecule has 1 aromatic carbocycles. The van der Waals surface area contributed by atoms with Crippen LogP contribution in [0.25, 0.3) is 0 Å². The Morgan fingerprint density at radius 2 is 1.80 bits per heavy atom. The maximum absolute atomic E-state index is 6.28. The van der Waals surface area contributed by atoms with Crippen LogP contribution >= 0.6 is 35.2 Å². The first-order chi connectivity index (χ1) is 14.7. The van der Waals surface area contributed by atoms with Crippen molar-refractivity contribution in [2.75, 3.05) is 36.1 Å². The molecule has 2 unspecified atom stereocenters. The van der Waals surface area contributed by atoms with Crippen LogP contribution in [0.4, 0.5) is 11.4 Å². The number of rotatable bonds is 4. The van der Waals surface area contributed by atoms with Gasteiger partial charge < -0.3 is 19.9 Å². The topological polar surface area (TPSA) is 40.6 Å². The molecule has 3 aromatic rings. The smallest absolute Gasteiger partial charge is 0.174 e. The SMILES string of the molecule is S=C1NC(c2ccccn2)C(c2ccc(Cl)s2)N1c1ccc(N2CCOCC2)cc1. The molecule has 30 heavy (non-hydrogen) atoms.